The summed E-state index contributed by atoms with van der Waals surface area (Å²) < 4.78 is 0. The molecule has 1 fully saturated rings. The summed E-state index contributed by atoms with van der Waals surface area (Å²) >= 11 is 0. The van der Waals surface area contributed by atoms with E-state index in [1.54, 1.807) is 4.90 Å². The number of fused-ring (bicyclic) bond motifs is 1. The Hall–Kier alpha value is -1.92. The molecule has 1 atom stereocenters. The normalized spacial score (nSPS) is 20.4. The lowest BCUT2D eigenvalue weighted by molar-refractivity contribution is -0.142. The Kier molecular flexibility index (Phi) is 6.85. The van der Waals surface area contributed by atoms with Crippen LogP contribution >= 0.6 is 0 Å². The number of carbonyl (C=O) groups is 2. The van der Waals surface area contributed by atoms with E-state index < -0.39 is 6.04 Å². The molecule has 2 N–H and O–H groups in total. The van der Waals surface area contributed by atoms with Crippen LogP contribution in [0.2, 0.25) is 0 Å². The summed E-state index contributed by atoms with van der Waals surface area (Å²) in [6.45, 7) is 10.1. The van der Waals surface area contributed by atoms with Crippen molar-refractivity contribution in [3.63, 3.8) is 0 Å². The standard InChI is InChI=1S/C21H32N4O2/c1-16(2)13-20(26)25-15-18-6-4-3-5-17(18)14-19(25)21(27)23-9-12-24-10-7-22-8-11-24/h3-6,16,19,22H,7-15H2,1-2H3,(H,23,27). The monoisotopic (exact) mass is 372 g/mol. The molecule has 6 nitrogen and oxygen atoms in total. The van der Waals surface area contributed by atoms with Crippen molar-refractivity contribution in [3.05, 3.63) is 35.4 Å². The second kappa shape index (κ2) is 9.33. The number of benzene rings is 1. The Morgan fingerprint density at radius 3 is 2.59 bits per heavy atom. The lowest BCUT2D eigenvalue weighted by Crippen LogP contribution is -2.54. The van der Waals surface area contributed by atoms with Gasteiger partial charge in [-0.15, -0.1) is 0 Å². The number of piperazine rings is 1. The van der Waals surface area contributed by atoms with E-state index in [-0.39, 0.29) is 17.7 Å². The molecule has 0 saturated carbocycles. The zero-order chi connectivity index (χ0) is 19.2. The van der Waals surface area contributed by atoms with Gasteiger partial charge >= 0.3 is 0 Å². The average molecular weight is 373 g/mol. The minimum atomic E-state index is -0.408. The molecule has 6 heteroatoms. The highest BCUT2D eigenvalue weighted by Crippen LogP contribution is 2.25. The largest absolute Gasteiger partial charge is 0.353 e. The molecule has 1 aromatic carbocycles. The molecule has 1 aromatic rings. The quantitative estimate of drug-likeness (QED) is 0.782. The first-order chi connectivity index (χ1) is 13.0. The van der Waals surface area contributed by atoms with Gasteiger partial charge in [0.2, 0.25) is 11.8 Å². The van der Waals surface area contributed by atoms with Gasteiger partial charge < -0.3 is 15.5 Å². The van der Waals surface area contributed by atoms with Gasteiger partial charge in [0.1, 0.15) is 6.04 Å². The predicted octanol–water partition coefficient (Wildman–Crippen LogP) is 1.01. The third-order valence-corrected chi connectivity index (χ3v) is 5.39. The van der Waals surface area contributed by atoms with Crippen LogP contribution in [0.3, 0.4) is 0 Å². The van der Waals surface area contributed by atoms with Gasteiger partial charge in [0.05, 0.1) is 0 Å². The first-order valence-corrected chi connectivity index (χ1v) is 10.1. The van der Waals surface area contributed by atoms with Crippen LogP contribution in [0.15, 0.2) is 24.3 Å². The molecule has 0 aliphatic carbocycles. The van der Waals surface area contributed by atoms with Crippen molar-refractivity contribution in [2.24, 2.45) is 5.92 Å². The zero-order valence-electron chi connectivity index (χ0n) is 16.5. The Bertz CT molecular complexity index is 655. The SMILES string of the molecule is CC(C)CC(=O)N1Cc2ccccc2CC1C(=O)NCCN1CCNCC1. The van der Waals surface area contributed by atoms with Crippen LogP contribution in [-0.2, 0) is 22.6 Å². The van der Waals surface area contributed by atoms with E-state index in [9.17, 15) is 9.59 Å². The van der Waals surface area contributed by atoms with Gasteiger partial charge in [-0.05, 0) is 17.0 Å². The van der Waals surface area contributed by atoms with Gasteiger partial charge in [0, 0.05) is 58.7 Å². The van der Waals surface area contributed by atoms with Crippen molar-refractivity contribution in [2.75, 3.05) is 39.3 Å². The highest BCUT2D eigenvalue weighted by molar-refractivity contribution is 5.88. The molecule has 0 bridgehead atoms. The molecule has 0 spiro atoms. The number of hydrogen-bond acceptors (Lipinski definition) is 4. The van der Waals surface area contributed by atoms with Gasteiger partial charge in [-0.3, -0.25) is 14.5 Å². The molecular formula is C21H32N4O2. The molecule has 2 aliphatic heterocycles. The molecule has 2 aliphatic rings. The lowest BCUT2D eigenvalue weighted by atomic mass is 9.92. The third-order valence-electron chi connectivity index (χ3n) is 5.39. The summed E-state index contributed by atoms with van der Waals surface area (Å²) in [7, 11) is 0. The maximum Gasteiger partial charge on any atom is 0.243 e. The lowest BCUT2D eigenvalue weighted by Gasteiger charge is -2.36. The van der Waals surface area contributed by atoms with E-state index >= 15 is 0 Å². The zero-order valence-corrected chi connectivity index (χ0v) is 16.5. The van der Waals surface area contributed by atoms with Gasteiger partial charge in [-0.1, -0.05) is 38.1 Å². The van der Waals surface area contributed by atoms with Gasteiger partial charge in [-0.25, -0.2) is 0 Å². The van der Waals surface area contributed by atoms with Gasteiger partial charge in [0.15, 0.2) is 0 Å². The molecular weight excluding hydrogens is 340 g/mol. The van der Waals surface area contributed by atoms with Crippen molar-refractivity contribution >= 4 is 11.8 Å². The fourth-order valence-corrected chi connectivity index (χ4v) is 3.88. The predicted molar refractivity (Wildman–Crippen MR) is 106 cm³/mol. The summed E-state index contributed by atoms with van der Waals surface area (Å²) in [5.41, 5.74) is 2.33. The molecule has 1 saturated heterocycles. The summed E-state index contributed by atoms with van der Waals surface area (Å²) in [5.74, 6) is 0.324. The molecule has 27 heavy (non-hydrogen) atoms. The van der Waals surface area contributed by atoms with E-state index in [0.29, 0.717) is 25.9 Å². The van der Waals surface area contributed by atoms with E-state index in [0.717, 1.165) is 38.3 Å². The van der Waals surface area contributed by atoms with Crippen LogP contribution in [0.4, 0.5) is 0 Å². The third kappa shape index (κ3) is 5.30. The first kappa shape index (κ1) is 19.8. The molecule has 148 valence electrons. The van der Waals surface area contributed by atoms with Crippen LogP contribution in [-0.4, -0.2) is 66.9 Å². The minimum Gasteiger partial charge on any atom is -0.353 e. The minimum absolute atomic E-state index is 0.0308. The van der Waals surface area contributed by atoms with Crippen LogP contribution in [0.1, 0.15) is 31.4 Å². The molecule has 1 unspecified atom stereocenters. The van der Waals surface area contributed by atoms with Crippen LogP contribution in [0.25, 0.3) is 0 Å². The van der Waals surface area contributed by atoms with Crippen molar-refractivity contribution in [1.29, 1.82) is 0 Å². The van der Waals surface area contributed by atoms with Crippen molar-refractivity contribution < 1.29 is 9.59 Å². The smallest absolute Gasteiger partial charge is 0.243 e. The summed E-state index contributed by atoms with van der Waals surface area (Å²) in [5, 5.41) is 6.41. The number of rotatable bonds is 6. The maximum atomic E-state index is 12.9. The maximum absolute atomic E-state index is 12.9. The van der Waals surface area contributed by atoms with Crippen molar-refractivity contribution in [3.8, 4) is 0 Å². The molecule has 0 aromatic heterocycles. The van der Waals surface area contributed by atoms with Crippen molar-refractivity contribution in [1.82, 2.24) is 20.4 Å². The van der Waals surface area contributed by atoms with E-state index in [2.05, 4.69) is 27.7 Å². The highest BCUT2D eigenvalue weighted by atomic mass is 16.2. The van der Waals surface area contributed by atoms with E-state index in [1.807, 2.05) is 26.0 Å². The Labute approximate surface area is 162 Å². The Morgan fingerprint density at radius 1 is 1.19 bits per heavy atom. The topological polar surface area (TPSA) is 64.7 Å². The first-order valence-electron chi connectivity index (χ1n) is 10.1. The number of carbonyl (C=O) groups excluding carboxylic acids is 2. The van der Waals surface area contributed by atoms with Crippen LogP contribution in [0.5, 0.6) is 0 Å². The Morgan fingerprint density at radius 2 is 1.89 bits per heavy atom. The van der Waals surface area contributed by atoms with Crippen LogP contribution in [0, 0.1) is 5.92 Å². The molecule has 3 rings (SSSR count). The summed E-state index contributed by atoms with van der Waals surface area (Å²) in [4.78, 5) is 29.8. The summed E-state index contributed by atoms with van der Waals surface area (Å²) in [6.07, 6.45) is 1.08. The van der Waals surface area contributed by atoms with Crippen LogP contribution < -0.4 is 10.6 Å². The second-order valence-corrected chi connectivity index (χ2v) is 7.99. The van der Waals surface area contributed by atoms with Gasteiger partial charge in [-0.2, -0.15) is 0 Å². The number of hydrogen-bond donors (Lipinski definition) is 2. The highest BCUT2D eigenvalue weighted by Gasteiger charge is 2.34. The molecule has 2 heterocycles. The average Bonchev–Trinajstić information content (AvgIpc) is 2.67. The fourth-order valence-electron chi connectivity index (χ4n) is 3.88. The Balaban J connectivity index is 1.63. The van der Waals surface area contributed by atoms with Gasteiger partial charge in [0.25, 0.3) is 0 Å². The van der Waals surface area contributed by atoms with E-state index in [1.165, 1.54) is 5.56 Å². The number of nitrogens with one attached hydrogen (secondary N) is 2. The number of amides is 2. The summed E-state index contributed by atoms with van der Waals surface area (Å²) in [6, 6.07) is 7.72. The van der Waals surface area contributed by atoms with E-state index in [4.69, 9.17) is 0 Å². The second-order valence-electron chi connectivity index (χ2n) is 7.99. The van der Waals surface area contributed by atoms with Crippen molar-refractivity contribution in [2.45, 2.75) is 39.3 Å². The molecule has 0 radical (unpaired) electrons. The molecule has 2 amide bonds. The number of nitrogens with zero attached hydrogens (tertiary/aromatic N) is 2. The fraction of sp³-hybridized carbons (Fsp3) is 0.619.